The average molecular weight is 376 g/mol. The highest BCUT2D eigenvalue weighted by Gasteiger charge is 2.11. The summed E-state index contributed by atoms with van der Waals surface area (Å²) in [6, 6.07) is 2.04. The van der Waals surface area contributed by atoms with Gasteiger partial charge in [0.25, 0.3) is 0 Å². The normalized spacial score (nSPS) is 16.1. The van der Waals surface area contributed by atoms with E-state index in [2.05, 4.69) is 21.8 Å². The fourth-order valence-electron chi connectivity index (χ4n) is 1.97. The number of guanidine groups is 1. The van der Waals surface area contributed by atoms with Crippen molar-refractivity contribution in [3.63, 3.8) is 0 Å². The van der Waals surface area contributed by atoms with E-state index in [9.17, 15) is 0 Å². The van der Waals surface area contributed by atoms with Gasteiger partial charge in [0, 0.05) is 32.0 Å². The van der Waals surface area contributed by atoms with Gasteiger partial charge in [0.05, 0.1) is 13.2 Å². The Kier molecular flexibility index (Phi) is 7.07. The van der Waals surface area contributed by atoms with Crippen molar-refractivity contribution in [2.75, 3.05) is 32.8 Å². The van der Waals surface area contributed by atoms with Gasteiger partial charge in [-0.3, -0.25) is 9.98 Å². The lowest BCUT2D eigenvalue weighted by molar-refractivity contribution is 0.0674. The number of aliphatic imine (C=N–C) groups is 1. The molecule has 0 bridgehead atoms. The van der Waals surface area contributed by atoms with Crippen LogP contribution in [0.2, 0.25) is 0 Å². The Morgan fingerprint density at radius 1 is 1.47 bits per heavy atom. The largest absolute Gasteiger partial charge is 0.378 e. The van der Waals surface area contributed by atoms with Crippen LogP contribution in [0.15, 0.2) is 23.5 Å². The molecule has 0 atom stereocenters. The molecular formula is C13H21IN4O. The Bertz CT molecular complexity index is 419. The molecule has 0 amide bonds. The monoisotopic (exact) mass is 376 g/mol. The molecule has 1 saturated heterocycles. The maximum absolute atomic E-state index is 5.96. The zero-order valence-electron chi connectivity index (χ0n) is 11.2. The molecule has 106 valence electrons. The van der Waals surface area contributed by atoms with E-state index in [0.29, 0.717) is 12.5 Å². The first kappa shape index (κ1) is 16.2. The molecule has 2 rings (SSSR count). The number of halogens is 1. The predicted octanol–water partition coefficient (Wildman–Crippen LogP) is 1.20. The minimum atomic E-state index is 0. The quantitative estimate of drug-likeness (QED) is 0.489. The molecule has 1 aromatic rings. The van der Waals surface area contributed by atoms with Crippen LogP contribution in [0, 0.1) is 6.92 Å². The second-order valence-electron chi connectivity index (χ2n) is 4.39. The summed E-state index contributed by atoms with van der Waals surface area (Å²) in [4.78, 5) is 10.6. The summed E-state index contributed by atoms with van der Waals surface area (Å²) < 4.78 is 5.28. The van der Waals surface area contributed by atoms with Crippen LogP contribution < -0.4 is 5.73 Å². The van der Waals surface area contributed by atoms with Gasteiger partial charge in [0.15, 0.2) is 5.96 Å². The number of aromatic nitrogens is 1. The lowest BCUT2D eigenvalue weighted by atomic mass is 10.1. The Labute approximate surface area is 131 Å². The fourth-order valence-corrected chi connectivity index (χ4v) is 1.97. The summed E-state index contributed by atoms with van der Waals surface area (Å²) >= 11 is 0. The number of nitrogens with zero attached hydrogens (tertiary/aromatic N) is 3. The first-order chi connectivity index (χ1) is 8.77. The Balaban J connectivity index is 0.00000180. The topological polar surface area (TPSA) is 63.7 Å². The summed E-state index contributed by atoms with van der Waals surface area (Å²) in [5.74, 6) is 0.630. The van der Waals surface area contributed by atoms with Crippen LogP contribution in [0.1, 0.15) is 11.1 Å². The molecule has 1 fully saturated rings. The smallest absolute Gasteiger partial charge is 0.191 e. The molecule has 2 heterocycles. The molecule has 1 aliphatic rings. The highest BCUT2D eigenvalue weighted by molar-refractivity contribution is 14.0. The van der Waals surface area contributed by atoms with Gasteiger partial charge >= 0.3 is 0 Å². The van der Waals surface area contributed by atoms with Gasteiger partial charge in [0.1, 0.15) is 0 Å². The highest BCUT2D eigenvalue weighted by Crippen LogP contribution is 2.06. The molecule has 2 N–H and O–H groups in total. The predicted molar refractivity (Wildman–Crippen MR) is 87.0 cm³/mol. The van der Waals surface area contributed by atoms with E-state index >= 15 is 0 Å². The molecule has 5 nitrogen and oxygen atoms in total. The second kappa shape index (κ2) is 8.31. The van der Waals surface area contributed by atoms with Crippen LogP contribution in [-0.2, 0) is 11.2 Å². The van der Waals surface area contributed by atoms with Crippen molar-refractivity contribution in [2.45, 2.75) is 13.3 Å². The molecule has 0 unspecified atom stereocenters. The lowest BCUT2D eigenvalue weighted by Crippen LogP contribution is -2.44. The Morgan fingerprint density at radius 3 is 2.89 bits per heavy atom. The number of nitrogens with two attached hydrogens (primary N) is 1. The molecule has 0 spiro atoms. The van der Waals surface area contributed by atoms with Crippen LogP contribution >= 0.6 is 24.0 Å². The van der Waals surface area contributed by atoms with Crippen molar-refractivity contribution in [3.8, 4) is 0 Å². The third-order valence-corrected chi connectivity index (χ3v) is 3.13. The number of rotatable bonds is 3. The minimum Gasteiger partial charge on any atom is -0.378 e. The molecule has 0 aliphatic carbocycles. The minimum absolute atomic E-state index is 0. The van der Waals surface area contributed by atoms with E-state index in [1.807, 2.05) is 18.5 Å². The summed E-state index contributed by atoms with van der Waals surface area (Å²) in [7, 11) is 0. The first-order valence-corrected chi connectivity index (χ1v) is 6.29. The second-order valence-corrected chi connectivity index (χ2v) is 4.39. The van der Waals surface area contributed by atoms with E-state index in [1.165, 1.54) is 11.1 Å². The number of hydrogen-bond donors (Lipinski definition) is 1. The zero-order valence-corrected chi connectivity index (χ0v) is 13.5. The van der Waals surface area contributed by atoms with E-state index in [0.717, 1.165) is 32.7 Å². The van der Waals surface area contributed by atoms with Crippen LogP contribution in [0.5, 0.6) is 0 Å². The fraction of sp³-hybridized carbons (Fsp3) is 0.538. The van der Waals surface area contributed by atoms with Crippen LogP contribution in [0.3, 0.4) is 0 Å². The Morgan fingerprint density at radius 2 is 2.21 bits per heavy atom. The van der Waals surface area contributed by atoms with E-state index in [1.54, 1.807) is 0 Å². The van der Waals surface area contributed by atoms with Gasteiger partial charge in [-0.15, -0.1) is 24.0 Å². The van der Waals surface area contributed by atoms with Crippen molar-refractivity contribution in [2.24, 2.45) is 10.7 Å². The third kappa shape index (κ3) is 4.94. The van der Waals surface area contributed by atoms with Gasteiger partial charge < -0.3 is 15.4 Å². The molecule has 0 radical (unpaired) electrons. The molecule has 19 heavy (non-hydrogen) atoms. The van der Waals surface area contributed by atoms with Gasteiger partial charge in [0.2, 0.25) is 0 Å². The maximum Gasteiger partial charge on any atom is 0.191 e. The number of ether oxygens (including phenoxy) is 1. The SMILES string of the molecule is Cc1cnccc1CCN=C(N)N1CCOCC1.I. The molecular weight excluding hydrogens is 355 g/mol. The van der Waals surface area contributed by atoms with Crippen molar-refractivity contribution in [1.29, 1.82) is 0 Å². The molecule has 6 heteroatoms. The lowest BCUT2D eigenvalue weighted by Gasteiger charge is -2.27. The Hall–Kier alpha value is -0.890. The zero-order chi connectivity index (χ0) is 12.8. The molecule has 1 aliphatic heterocycles. The van der Waals surface area contributed by atoms with Crippen molar-refractivity contribution in [3.05, 3.63) is 29.6 Å². The number of morpholine rings is 1. The number of pyridine rings is 1. The molecule has 0 saturated carbocycles. The summed E-state index contributed by atoms with van der Waals surface area (Å²) in [6.07, 6.45) is 4.60. The summed E-state index contributed by atoms with van der Waals surface area (Å²) in [5, 5.41) is 0. The van der Waals surface area contributed by atoms with Crippen molar-refractivity contribution >= 4 is 29.9 Å². The van der Waals surface area contributed by atoms with E-state index < -0.39 is 0 Å². The van der Waals surface area contributed by atoms with Crippen LogP contribution in [0.4, 0.5) is 0 Å². The van der Waals surface area contributed by atoms with Crippen molar-refractivity contribution in [1.82, 2.24) is 9.88 Å². The summed E-state index contributed by atoms with van der Waals surface area (Å²) in [6.45, 7) is 5.93. The molecule has 0 aromatic carbocycles. The van der Waals surface area contributed by atoms with E-state index in [4.69, 9.17) is 10.5 Å². The van der Waals surface area contributed by atoms with E-state index in [-0.39, 0.29) is 24.0 Å². The van der Waals surface area contributed by atoms with Gasteiger partial charge in [-0.2, -0.15) is 0 Å². The maximum atomic E-state index is 5.96. The number of aryl methyl sites for hydroxylation is 1. The summed E-state index contributed by atoms with van der Waals surface area (Å²) in [5.41, 5.74) is 8.45. The van der Waals surface area contributed by atoms with Crippen LogP contribution in [-0.4, -0.2) is 48.7 Å². The van der Waals surface area contributed by atoms with Crippen molar-refractivity contribution < 1.29 is 4.74 Å². The number of hydrogen-bond acceptors (Lipinski definition) is 3. The molecule has 1 aromatic heterocycles. The highest BCUT2D eigenvalue weighted by atomic mass is 127. The van der Waals surface area contributed by atoms with Crippen LogP contribution in [0.25, 0.3) is 0 Å². The van der Waals surface area contributed by atoms with Gasteiger partial charge in [-0.05, 0) is 30.5 Å². The first-order valence-electron chi connectivity index (χ1n) is 6.29. The standard InChI is InChI=1S/C13H20N4O.HI/c1-11-10-15-4-2-12(11)3-5-16-13(14)17-6-8-18-9-7-17;/h2,4,10H,3,5-9H2,1H3,(H2,14,16);1H. The average Bonchev–Trinajstić information content (AvgIpc) is 2.42. The van der Waals surface area contributed by atoms with Gasteiger partial charge in [-0.25, -0.2) is 0 Å². The third-order valence-electron chi connectivity index (χ3n) is 3.13. The van der Waals surface area contributed by atoms with Gasteiger partial charge in [-0.1, -0.05) is 0 Å².